The fourth-order valence-electron chi connectivity index (χ4n) is 0.374. The van der Waals surface area contributed by atoms with E-state index in [0.29, 0.717) is 5.57 Å². The summed E-state index contributed by atoms with van der Waals surface area (Å²) in [4.78, 5) is 19.6. The predicted octanol–water partition coefficient (Wildman–Crippen LogP) is -0.681. The topological polar surface area (TPSA) is 58.6 Å². The lowest BCUT2D eigenvalue weighted by Gasteiger charge is -1.87. The molecule has 4 nitrogen and oxygen atoms in total. The molecule has 1 unspecified atom stereocenters. The lowest BCUT2D eigenvalue weighted by Crippen LogP contribution is -2.20. The second-order valence-electron chi connectivity index (χ2n) is 1.30. The van der Waals surface area contributed by atoms with Crippen LogP contribution in [0.1, 0.15) is 0 Å². The van der Waals surface area contributed by atoms with Gasteiger partial charge in [-0.15, -0.1) is 0 Å². The predicted molar refractivity (Wildman–Crippen MR) is 37.0 cm³/mol. The van der Waals surface area contributed by atoms with E-state index in [1.54, 1.807) is 0 Å². The van der Waals surface area contributed by atoms with Gasteiger partial charge in [-0.05, 0) is 11.6 Å². The summed E-state index contributed by atoms with van der Waals surface area (Å²) < 4.78 is 0. The van der Waals surface area contributed by atoms with Crippen LogP contribution in [0.25, 0.3) is 0 Å². The first-order valence-corrected chi connectivity index (χ1v) is 3.03. The first-order valence-electron chi connectivity index (χ1n) is 2.08. The summed E-state index contributed by atoms with van der Waals surface area (Å²) in [6, 6.07) is 0. The van der Waals surface area contributed by atoms with Crippen molar-refractivity contribution < 1.29 is 0 Å². The quantitative estimate of drug-likeness (QED) is 0.516. The Bertz CT molecular complexity index is 249. The number of aromatic nitrogens is 3. The third kappa shape index (κ3) is 1.73. The minimum Gasteiger partial charge on any atom is -0.280 e. The van der Waals surface area contributed by atoms with Gasteiger partial charge in [0.2, 0.25) is 5.28 Å². The molecule has 0 aliphatic rings. The Morgan fingerprint density at radius 2 is 2.22 bits per heavy atom. The van der Waals surface area contributed by atoms with Gasteiger partial charge in [-0.1, -0.05) is 9.24 Å². The van der Waals surface area contributed by atoms with Crippen LogP contribution in [-0.2, 0) is 0 Å². The highest BCUT2D eigenvalue weighted by molar-refractivity contribution is 7.26. The van der Waals surface area contributed by atoms with Gasteiger partial charge < -0.3 is 0 Å². The standard InChI is InChI=1S/C3H3ClN3OP/c4-1-5-2(8)7-3(9)6-1/h9H2,(H,5,6,7,8). The lowest BCUT2D eigenvalue weighted by atomic mass is 11.0. The van der Waals surface area contributed by atoms with E-state index >= 15 is 0 Å². The van der Waals surface area contributed by atoms with Gasteiger partial charge in [0.15, 0.2) is 5.57 Å². The highest BCUT2D eigenvalue weighted by Crippen LogP contribution is 1.89. The van der Waals surface area contributed by atoms with Crippen LogP contribution < -0.4 is 11.3 Å². The van der Waals surface area contributed by atoms with E-state index < -0.39 is 5.69 Å². The molecule has 0 spiro atoms. The second kappa shape index (κ2) is 2.42. The highest BCUT2D eigenvalue weighted by atomic mass is 35.5. The van der Waals surface area contributed by atoms with E-state index in [0.717, 1.165) is 0 Å². The van der Waals surface area contributed by atoms with Gasteiger partial charge in [-0.3, -0.25) is 4.98 Å². The van der Waals surface area contributed by atoms with E-state index in [2.05, 4.69) is 24.2 Å². The van der Waals surface area contributed by atoms with Gasteiger partial charge in [0.25, 0.3) is 0 Å². The van der Waals surface area contributed by atoms with Crippen molar-refractivity contribution in [1.29, 1.82) is 0 Å². The van der Waals surface area contributed by atoms with Crippen molar-refractivity contribution in [2.24, 2.45) is 0 Å². The van der Waals surface area contributed by atoms with Crippen LogP contribution in [0, 0.1) is 0 Å². The van der Waals surface area contributed by atoms with Crippen LogP contribution in [0.2, 0.25) is 5.28 Å². The van der Waals surface area contributed by atoms with Gasteiger partial charge >= 0.3 is 5.69 Å². The maximum Gasteiger partial charge on any atom is 0.349 e. The fraction of sp³-hybridized carbons (Fsp3) is 0. The maximum absolute atomic E-state index is 10.4. The molecule has 48 valence electrons. The summed E-state index contributed by atoms with van der Waals surface area (Å²) in [6.07, 6.45) is 0. The molecule has 0 saturated heterocycles. The number of hydrogen-bond acceptors (Lipinski definition) is 3. The van der Waals surface area contributed by atoms with Gasteiger partial charge in [0, 0.05) is 0 Å². The molecule has 1 aromatic rings. The van der Waals surface area contributed by atoms with E-state index in [4.69, 9.17) is 11.6 Å². The first-order chi connectivity index (χ1) is 4.18. The molecular formula is C3H3ClN3OP. The monoisotopic (exact) mass is 163 g/mol. The molecule has 1 heterocycles. The summed E-state index contributed by atoms with van der Waals surface area (Å²) in [5.41, 5.74) is -0.191. The Morgan fingerprint density at radius 1 is 1.56 bits per heavy atom. The smallest absolute Gasteiger partial charge is 0.280 e. The Hall–Kier alpha value is -0.470. The Balaban J connectivity index is 3.33. The average Bonchev–Trinajstić information content (AvgIpc) is 1.59. The number of halogens is 1. The molecule has 0 aliphatic heterocycles. The summed E-state index contributed by atoms with van der Waals surface area (Å²) >= 11 is 5.33. The molecule has 1 aromatic heterocycles. The molecule has 1 rings (SSSR count). The average molecular weight is 164 g/mol. The minimum absolute atomic E-state index is 0.0556. The van der Waals surface area contributed by atoms with Crippen molar-refractivity contribution in [3.8, 4) is 0 Å². The Morgan fingerprint density at radius 3 is 2.67 bits per heavy atom. The molecule has 0 radical (unpaired) electrons. The molecule has 6 heteroatoms. The number of aromatic amines is 1. The molecule has 0 saturated carbocycles. The van der Waals surface area contributed by atoms with Crippen LogP contribution >= 0.6 is 20.8 Å². The van der Waals surface area contributed by atoms with E-state index in [1.807, 2.05) is 0 Å². The van der Waals surface area contributed by atoms with E-state index in [1.165, 1.54) is 0 Å². The third-order valence-corrected chi connectivity index (χ3v) is 1.08. The second-order valence-corrected chi connectivity index (χ2v) is 2.18. The Kier molecular flexibility index (Phi) is 1.78. The summed E-state index contributed by atoms with van der Waals surface area (Å²) in [7, 11) is 2.17. The van der Waals surface area contributed by atoms with Crippen LogP contribution in [-0.4, -0.2) is 15.0 Å². The van der Waals surface area contributed by atoms with Crippen molar-refractivity contribution in [2.45, 2.75) is 0 Å². The molecule has 1 N–H and O–H groups in total. The number of H-pyrrole nitrogens is 1. The maximum atomic E-state index is 10.4. The van der Waals surface area contributed by atoms with Crippen LogP contribution in [0.4, 0.5) is 0 Å². The van der Waals surface area contributed by atoms with Crippen LogP contribution in [0.3, 0.4) is 0 Å². The first kappa shape index (κ1) is 6.65. The van der Waals surface area contributed by atoms with Crippen molar-refractivity contribution in [3.05, 3.63) is 15.8 Å². The summed E-state index contributed by atoms with van der Waals surface area (Å²) in [5, 5.41) is 0.0556. The molecule has 0 fully saturated rings. The van der Waals surface area contributed by atoms with Crippen LogP contribution in [0.15, 0.2) is 4.79 Å². The molecule has 0 aromatic carbocycles. The summed E-state index contributed by atoms with van der Waals surface area (Å²) in [6.45, 7) is 0. The summed E-state index contributed by atoms with van der Waals surface area (Å²) in [5.74, 6) is 0. The zero-order valence-corrected chi connectivity index (χ0v) is 6.17. The van der Waals surface area contributed by atoms with Crippen molar-refractivity contribution in [1.82, 2.24) is 15.0 Å². The number of rotatable bonds is 0. The van der Waals surface area contributed by atoms with E-state index in [-0.39, 0.29) is 5.28 Å². The SMILES string of the molecule is O=c1nc(P)nc(Cl)[nH]1. The molecule has 1 atom stereocenters. The minimum atomic E-state index is -0.486. The normalized spacial score (nSPS) is 9.56. The number of nitrogens with zero attached hydrogens (tertiary/aromatic N) is 2. The largest absolute Gasteiger partial charge is 0.349 e. The molecular weight excluding hydrogens is 160 g/mol. The fourth-order valence-corrected chi connectivity index (χ4v) is 0.869. The van der Waals surface area contributed by atoms with E-state index in [9.17, 15) is 4.79 Å². The molecule has 9 heavy (non-hydrogen) atoms. The number of nitrogens with one attached hydrogen (secondary N) is 1. The zero-order chi connectivity index (χ0) is 6.85. The molecule has 0 aliphatic carbocycles. The highest BCUT2D eigenvalue weighted by Gasteiger charge is 1.91. The third-order valence-electron chi connectivity index (χ3n) is 0.639. The van der Waals surface area contributed by atoms with Gasteiger partial charge in [0.05, 0.1) is 0 Å². The van der Waals surface area contributed by atoms with Gasteiger partial charge in [-0.25, -0.2) is 9.78 Å². The number of hydrogen-bond donors (Lipinski definition) is 1. The lowest BCUT2D eigenvalue weighted by molar-refractivity contribution is 1.02. The van der Waals surface area contributed by atoms with Gasteiger partial charge in [-0.2, -0.15) is 4.98 Å². The van der Waals surface area contributed by atoms with Crippen molar-refractivity contribution >= 4 is 26.4 Å². The van der Waals surface area contributed by atoms with Crippen molar-refractivity contribution in [3.63, 3.8) is 0 Å². The zero-order valence-electron chi connectivity index (χ0n) is 4.26. The molecule has 0 amide bonds. The van der Waals surface area contributed by atoms with Crippen LogP contribution in [0.5, 0.6) is 0 Å². The Labute approximate surface area is 57.9 Å². The van der Waals surface area contributed by atoms with Gasteiger partial charge in [0.1, 0.15) is 0 Å². The van der Waals surface area contributed by atoms with Crippen molar-refractivity contribution in [2.75, 3.05) is 0 Å². The molecule has 0 bridgehead atoms.